The van der Waals surface area contributed by atoms with Crippen molar-refractivity contribution in [3.8, 4) is 12.3 Å². The topological polar surface area (TPSA) is 18.5 Å². The zero-order valence-electron chi connectivity index (χ0n) is 11.1. The van der Waals surface area contributed by atoms with Gasteiger partial charge in [0, 0.05) is 16.1 Å². The van der Waals surface area contributed by atoms with Crippen LogP contribution in [0.15, 0.2) is 12.2 Å². The molecule has 4 heteroatoms. The molecule has 1 unspecified atom stereocenters. The Balaban J connectivity index is 2.07. The predicted octanol–water partition coefficient (Wildman–Crippen LogP) is 3.82. The summed E-state index contributed by atoms with van der Waals surface area (Å²) in [5, 5.41) is 0. The standard InChI is InChI=1S/C15H20Br2O2/c1-3-5-6-7-13-15-9-14(19-13)11(17)8-10(16)12(4-2)18-15/h1,5-6,10-15H,4,7-9H2,2H3/b6-5+/t10-,11-,12+,13?,14-,15-/m0/s1. The van der Waals surface area contributed by atoms with Crippen molar-refractivity contribution in [3.63, 3.8) is 0 Å². The van der Waals surface area contributed by atoms with Gasteiger partial charge in [0.2, 0.25) is 0 Å². The van der Waals surface area contributed by atoms with Crippen molar-refractivity contribution in [3.05, 3.63) is 12.2 Å². The molecule has 0 radical (unpaired) electrons. The molecule has 6 atom stereocenters. The molecule has 2 aliphatic heterocycles. The number of fused-ring (bicyclic) bond motifs is 2. The highest BCUT2D eigenvalue weighted by molar-refractivity contribution is 9.10. The normalized spacial score (nSPS) is 42.8. The molecule has 0 saturated carbocycles. The van der Waals surface area contributed by atoms with Gasteiger partial charge in [0.05, 0.1) is 24.4 Å². The molecular formula is C15H20Br2O2. The van der Waals surface area contributed by atoms with Crippen molar-refractivity contribution in [1.82, 2.24) is 0 Å². The van der Waals surface area contributed by atoms with E-state index >= 15 is 0 Å². The van der Waals surface area contributed by atoms with Crippen molar-refractivity contribution in [2.24, 2.45) is 0 Å². The SMILES string of the molecule is C#C/C=C/CC1O[C@H]2C[C@@H]1O[C@H](CC)[C@@H](Br)C[C@@H]2Br. The maximum absolute atomic E-state index is 6.26. The van der Waals surface area contributed by atoms with Gasteiger partial charge < -0.3 is 9.47 Å². The van der Waals surface area contributed by atoms with Crippen LogP contribution in [0.5, 0.6) is 0 Å². The minimum Gasteiger partial charge on any atom is -0.371 e. The highest BCUT2D eigenvalue weighted by Crippen LogP contribution is 2.38. The summed E-state index contributed by atoms with van der Waals surface area (Å²) < 4.78 is 12.4. The van der Waals surface area contributed by atoms with Crippen LogP contribution in [0.25, 0.3) is 0 Å². The van der Waals surface area contributed by atoms with Gasteiger partial charge in [-0.05, 0) is 25.3 Å². The highest BCUT2D eigenvalue weighted by Gasteiger charge is 2.43. The summed E-state index contributed by atoms with van der Waals surface area (Å²) in [4.78, 5) is 0.773. The Kier molecular flexibility index (Phi) is 5.95. The number of hydrogen-bond acceptors (Lipinski definition) is 2. The second-order valence-corrected chi connectivity index (χ2v) is 7.49. The first-order valence-corrected chi connectivity index (χ1v) is 8.69. The Morgan fingerprint density at radius 2 is 1.89 bits per heavy atom. The average Bonchev–Trinajstić information content (AvgIpc) is 2.79. The van der Waals surface area contributed by atoms with E-state index in [1.165, 1.54) is 0 Å². The van der Waals surface area contributed by atoms with Gasteiger partial charge in [-0.2, -0.15) is 0 Å². The lowest BCUT2D eigenvalue weighted by atomic mass is 9.99. The highest BCUT2D eigenvalue weighted by atomic mass is 79.9. The van der Waals surface area contributed by atoms with Crippen molar-refractivity contribution in [1.29, 1.82) is 0 Å². The van der Waals surface area contributed by atoms with Crippen LogP contribution < -0.4 is 0 Å². The number of allylic oxidation sites excluding steroid dienone is 1. The molecule has 0 aromatic heterocycles. The van der Waals surface area contributed by atoms with E-state index < -0.39 is 0 Å². The summed E-state index contributed by atoms with van der Waals surface area (Å²) in [6.45, 7) is 2.17. The molecule has 2 bridgehead atoms. The molecule has 2 aliphatic rings. The Hall–Kier alpha value is 0.180. The first-order valence-electron chi connectivity index (χ1n) is 6.85. The first kappa shape index (κ1) is 15.6. The van der Waals surface area contributed by atoms with E-state index in [0.717, 1.165) is 25.7 Å². The van der Waals surface area contributed by atoms with Crippen molar-refractivity contribution < 1.29 is 9.47 Å². The fraction of sp³-hybridized carbons (Fsp3) is 0.733. The maximum atomic E-state index is 6.26. The fourth-order valence-electron chi connectivity index (χ4n) is 2.78. The second-order valence-electron chi connectivity index (χ2n) is 5.14. The lowest BCUT2D eigenvalue weighted by Crippen LogP contribution is -2.36. The molecule has 19 heavy (non-hydrogen) atoms. The van der Waals surface area contributed by atoms with E-state index in [1.807, 2.05) is 6.08 Å². The molecule has 2 nitrogen and oxygen atoms in total. The molecule has 2 heterocycles. The Morgan fingerprint density at radius 3 is 2.58 bits per heavy atom. The number of terminal acetylenes is 1. The molecule has 0 spiro atoms. The lowest BCUT2D eigenvalue weighted by Gasteiger charge is -2.30. The van der Waals surface area contributed by atoms with Crippen molar-refractivity contribution >= 4 is 31.9 Å². The van der Waals surface area contributed by atoms with Gasteiger partial charge in [0.1, 0.15) is 0 Å². The average molecular weight is 392 g/mol. The quantitative estimate of drug-likeness (QED) is 0.537. The van der Waals surface area contributed by atoms with E-state index in [2.05, 4.69) is 44.7 Å². The van der Waals surface area contributed by atoms with Crippen LogP contribution in [0.3, 0.4) is 0 Å². The molecule has 0 aromatic carbocycles. The summed E-state index contributed by atoms with van der Waals surface area (Å²) in [6.07, 6.45) is 13.6. The molecule has 2 saturated heterocycles. The van der Waals surface area contributed by atoms with E-state index in [0.29, 0.717) is 9.65 Å². The van der Waals surface area contributed by atoms with Crippen LogP contribution in [0.2, 0.25) is 0 Å². The van der Waals surface area contributed by atoms with Crippen LogP contribution in [0, 0.1) is 12.3 Å². The van der Waals surface area contributed by atoms with Gasteiger partial charge >= 0.3 is 0 Å². The summed E-state index contributed by atoms with van der Waals surface area (Å²) in [5.74, 6) is 2.52. The van der Waals surface area contributed by atoms with Gasteiger partial charge in [-0.25, -0.2) is 0 Å². The van der Waals surface area contributed by atoms with Gasteiger partial charge in [0.25, 0.3) is 0 Å². The molecule has 2 rings (SSSR count). The minimum absolute atomic E-state index is 0.126. The minimum atomic E-state index is 0.126. The summed E-state index contributed by atoms with van der Waals surface area (Å²) in [5.41, 5.74) is 0. The van der Waals surface area contributed by atoms with Crippen molar-refractivity contribution in [2.75, 3.05) is 0 Å². The third-order valence-electron chi connectivity index (χ3n) is 3.82. The summed E-state index contributed by atoms with van der Waals surface area (Å²) in [7, 11) is 0. The summed E-state index contributed by atoms with van der Waals surface area (Å²) >= 11 is 7.53. The monoisotopic (exact) mass is 390 g/mol. The van der Waals surface area contributed by atoms with Gasteiger partial charge in [-0.1, -0.05) is 50.8 Å². The Morgan fingerprint density at radius 1 is 1.16 bits per heavy atom. The molecule has 0 aromatic rings. The molecule has 2 fully saturated rings. The molecule has 0 aliphatic carbocycles. The van der Waals surface area contributed by atoms with Gasteiger partial charge in [-0.15, -0.1) is 6.42 Å². The van der Waals surface area contributed by atoms with E-state index in [1.54, 1.807) is 6.08 Å². The lowest BCUT2D eigenvalue weighted by molar-refractivity contribution is -0.0499. The van der Waals surface area contributed by atoms with Crippen LogP contribution >= 0.6 is 31.9 Å². The number of rotatable bonds is 3. The van der Waals surface area contributed by atoms with E-state index in [9.17, 15) is 0 Å². The number of ether oxygens (including phenoxy) is 2. The second kappa shape index (κ2) is 7.26. The largest absolute Gasteiger partial charge is 0.371 e. The van der Waals surface area contributed by atoms with Crippen molar-refractivity contribution in [2.45, 2.75) is 66.7 Å². The fourth-order valence-corrected chi connectivity index (χ4v) is 4.93. The van der Waals surface area contributed by atoms with Crippen LogP contribution in [-0.2, 0) is 9.47 Å². The predicted molar refractivity (Wildman–Crippen MR) is 84.9 cm³/mol. The Bertz CT molecular complexity index is 364. The van der Waals surface area contributed by atoms with E-state index in [-0.39, 0.29) is 24.4 Å². The third kappa shape index (κ3) is 3.85. The molecular weight excluding hydrogens is 372 g/mol. The van der Waals surface area contributed by atoms with E-state index in [4.69, 9.17) is 15.9 Å². The molecule has 106 valence electrons. The van der Waals surface area contributed by atoms with Crippen LogP contribution in [0.4, 0.5) is 0 Å². The number of alkyl halides is 2. The van der Waals surface area contributed by atoms with Crippen LogP contribution in [-0.4, -0.2) is 34.1 Å². The first-order chi connectivity index (χ1) is 9.15. The Labute approximate surface area is 132 Å². The summed E-state index contributed by atoms with van der Waals surface area (Å²) in [6, 6.07) is 0. The van der Waals surface area contributed by atoms with Gasteiger partial charge in [0.15, 0.2) is 0 Å². The molecule has 0 amide bonds. The van der Waals surface area contributed by atoms with Gasteiger partial charge in [-0.3, -0.25) is 0 Å². The third-order valence-corrected chi connectivity index (χ3v) is 5.75. The zero-order valence-corrected chi connectivity index (χ0v) is 14.3. The smallest absolute Gasteiger partial charge is 0.0876 e. The maximum Gasteiger partial charge on any atom is 0.0876 e. The zero-order chi connectivity index (χ0) is 13.8. The van der Waals surface area contributed by atoms with Crippen LogP contribution in [0.1, 0.15) is 32.6 Å². The molecule has 0 N–H and O–H groups in total. The number of halogens is 2. The number of hydrogen-bond donors (Lipinski definition) is 0.